The molecule has 0 atom stereocenters. The van der Waals surface area contributed by atoms with Crippen LogP contribution in [0.3, 0.4) is 0 Å². The quantitative estimate of drug-likeness (QED) is 0.178. The number of benzene rings is 7. The average molecular weight is 639 g/mol. The van der Waals surface area contributed by atoms with Crippen LogP contribution in [0.1, 0.15) is 18.4 Å². The standard InChI is InChI=1S/C48H34N2/c1-3-12-33(13-4-1)35-22-26-39(27-23-35)49-45-20-9-7-18-41(45)43-31-37(24-28-47(43)49)38-25-29-48-44(32-38)42-19-8-10-21-46(42)50(48)40-17-11-16-36(30-40)34-14-5-2-6-15-34/h1-22,24-26,28-32H,23,27H2. The van der Waals surface area contributed by atoms with E-state index in [1.165, 1.54) is 88.4 Å². The van der Waals surface area contributed by atoms with Crippen LogP contribution >= 0.6 is 0 Å². The molecule has 0 saturated carbocycles. The second kappa shape index (κ2) is 11.6. The minimum Gasteiger partial charge on any atom is -0.313 e. The van der Waals surface area contributed by atoms with Crippen molar-refractivity contribution in [1.82, 2.24) is 9.13 Å². The first-order valence-electron chi connectivity index (χ1n) is 17.5. The Hall–Kier alpha value is -6.38. The van der Waals surface area contributed by atoms with Gasteiger partial charge in [-0.25, -0.2) is 0 Å². The van der Waals surface area contributed by atoms with E-state index in [2.05, 4.69) is 191 Å². The minimum atomic E-state index is 1.01. The van der Waals surface area contributed by atoms with E-state index in [-0.39, 0.29) is 0 Å². The number of fused-ring (bicyclic) bond motifs is 6. The van der Waals surface area contributed by atoms with Gasteiger partial charge in [-0.3, -0.25) is 0 Å². The third kappa shape index (κ3) is 4.64. The first-order chi connectivity index (χ1) is 24.8. The van der Waals surface area contributed by atoms with Crippen molar-refractivity contribution < 1.29 is 0 Å². The van der Waals surface area contributed by atoms with Crippen molar-refractivity contribution in [2.75, 3.05) is 0 Å². The molecule has 0 radical (unpaired) electrons. The van der Waals surface area contributed by atoms with Crippen LogP contribution in [0.4, 0.5) is 0 Å². The molecule has 236 valence electrons. The fourth-order valence-electron chi connectivity index (χ4n) is 8.05. The highest BCUT2D eigenvalue weighted by Gasteiger charge is 2.18. The van der Waals surface area contributed by atoms with E-state index in [9.17, 15) is 0 Å². The highest BCUT2D eigenvalue weighted by atomic mass is 15.0. The maximum absolute atomic E-state index is 2.48. The van der Waals surface area contributed by atoms with Crippen LogP contribution in [0.5, 0.6) is 0 Å². The van der Waals surface area contributed by atoms with Gasteiger partial charge in [-0.2, -0.15) is 0 Å². The van der Waals surface area contributed by atoms with E-state index >= 15 is 0 Å². The predicted octanol–water partition coefficient (Wildman–Crippen LogP) is 12.9. The molecule has 0 saturated heterocycles. The molecular weight excluding hydrogens is 605 g/mol. The smallest absolute Gasteiger partial charge is 0.0541 e. The zero-order chi connectivity index (χ0) is 33.0. The monoisotopic (exact) mass is 638 g/mol. The number of nitrogens with zero attached hydrogens (tertiary/aromatic N) is 2. The maximum atomic E-state index is 2.48. The van der Waals surface area contributed by atoms with Crippen LogP contribution in [-0.4, -0.2) is 9.13 Å². The summed E-state index contributed by atoms with van der Waals surface area (Å²) in [5, 5.41) is 5.11. The average Bonchev–Trinajstić information content (AvgIpc) is 3.71. The van der Waals surface area contributed by atoms with Crippen molar-refractivity contribution in [3.63, 3.8) is 0 Å². The summed E-state index contributed by atoms with van der Waals surface area (Å²) in [6.45, 7) is 0. The maximum Gasteiger partial charge on any atom is 0.0541 e. The number of hydrogen-bond donors (Lipinski definition) is 0. The van der Waals surface area contributed by atoms with Gasteiger partial charge in [-0.1, -0.05) is 127 Å². The van der Waals surface area contributed by atoms with E-state index < -0.39 is 0 Å². The number of allylic oxidation sites excluding steroid dienone is 4. The number of rotatable bonds is 5. The summed E-state index contributed by atoms with van der Waals surface area (Å²) >= 11 is 0. The van der Waals surface area contributed by atoms with Gasteiger partial charge in [0.15, 0.2) is 0 Å². The van der Waals surface area contributed by atoms with Gasteiger partial charge in [-0.15, -0.1) is 0 Å². The molecule has 2 heterocycles. The van der Waals surface area contributed by atoms with E-state index in [1.54, 1.807) is 0 Å². The van der Waals surface area contributed by atoms with Crippen molar-refractivity contribution in [2.24, 2.45) is 0 Å². The molecule has 0 aliphatic heterocycles. The van der Waals surface area contributed by atoms with Gasteiger partial charge in [0, 0.05) is 32.9 Å². The third-order valence-corrected chi connectivity index (χ3v) is 10.4. The molecular formula is C48H34N2. The SMILES string of the molecule is C1=C(c2ccccc2)CCC(n2c3ccccc3c3cc(-c4ccc5c(c4)c4ccccc4n5-c4cccc(-c5ccccc5)c4)ccc32)=C1. The summed E-state index contributed by atoms with van der Waals surface area (Å²) in [6.07, 6.45) is 6.68. The Balaban J connectivity index is 1.09. The fourth-order valence-corrected chi connectivity index (χ4v) is 8.05. The summed E-state index contributed by atoms with van der Waals surface area (Å²) < 4.78 is 4.89. The van der Waals surface area contributed by atoms with Gasteiger partial charge >= 0.3 is 0 Å². The Labute approximate surface area is 291 Å². The summed E-state index contributed by atoms with van der Waals surface area (Å²) in [7, 11) is 0. The minimum absolute atomic E-state index is 1.01. The molecule has 2 aromatic heterocycles. The molecule has 2 nitrogen and oxygen atoms in total. The second-order valence-electron chi connectivity index (χ2n) is 13.3. The van der Waals surface area contributed by atoms with E-state index in [0.29, 0.717) is 0 Å². The van der Waals surface area contributed by atoms with Crippen LogP contribution in [0.25, 0.3) is 82.8 Å². The first-order valence-corrected chi connectivity index (χ1v) is 17.5. The molecule has 0 spiro atoms. The van der Waals surface area contributed by atoms with E-state index in [4.69, 9.17) is 0 Å². The van der Waals surface area contributed by atoms with Crippen LogP contribution < -0.4 is 0 Å². The Bertz CT molecular complexity index is 2790. The van der Waals surface area contributed by atoms with Crippen molar-refractivity contribution in [3.8, 4) is 27.9 Å². The number of hydrogen-bond acceptors (Lipinski definition) is 0. The van der Waals surface area contributed by atoms with Crippen LogP contribution in [-0.2, 0) is 0 Å². The van der Waals surface area contributed by atoms with Crippen molar-refractivity contribution in [3.05, 3.63) is 188 Å². The third-order valence-electron chi connectivity index (χ3n) is 10.4. The second-order valence-corrected chi connectivity index (χ2v) is 13.3. The number of aromatic nitrogens is 2. The highest BCUT2D eigenvalue weighted by Crippen LogP contribution is 2.40. The van der Waals surface area contributed by atoms with Gasteiger partial charge in [0.05, 0.1) is 22.1 Å². The molecule has 0 amide bonds. The molecule has 9 aromatic rings. The topological polar surface area (TPSA) is 9.86 Å². The molecule has 0 fully saturated rings. The Morgan fingerprint density at radius 2 is 0.840 bits per heavy atom. The summed E-state index contributed by atoms with van der Waals surface area (Å²) in [6, 6.07) is 61.9. The highest BCUT2D eigenvalue weighted by molar-refractivity contribution is 6.13. The molecule has 0 unspecified atom stereocenters. The first kappa shape index (κ1) is 28.6. The molecule has 50 heavy (non-hydrogen) atoms. The molecule has 2 heteroatoms. The predicted molar refractivity (Wildman–Crippen MR) is 213 cm³/mol. The van der Waals surface area contributed by atoms with Crippen LogP contribution in [0, 0.1) is 0 Å². The molecule has 0 bridgehead atoms. The number of para-hydroxylation sites is 2. The Kier molecular flexibility index (Phi) is 6.67. The zero-order valence-electron chi connectivity index (χ0n) is 27.6. The fraction of sp³-hybridized carbons (Fsp3) is 0.0417. The zero-order valence-corrected chi connectivity index (χ0v) is 27.6. The molecule has 0 N–H and O–H groups in total. The normalized spacial score (nSPS) is 13.3. The van der Waals surface area contributed by atoms with Crippen molar-refractivity contribution >= 4 is 54.9 Å². The van der Waals surface area contributed by atoms with Gasteiger partial charge in [0.25, 0.3) is 0 Å². The summed E-state index contributed by atoms with van der Waals surface area (Å²) in [5.41, 5.74) is 15.1. The largest absolute Gasteiger partial charge is 0.313 e. The molecule has 7 aromatic carbocycles. The van der Waals surface area contributed by atoms with E-state index in [1.807, 2.05) is 0 Å². The summed E-state index contributed by atoms with van der Waals surface area (Å²) in [4.78, 5) is 0. The molecule has 1 aliphatic rings. The lowest BCUT2D eigenvalue weighted by Crippen LogP contribution is -2.01. The molecule has 10 rings (SSSR count). The lowest BCUT2D eigenvalue weighted by Gasteiger charge is -2.18. The van der Waals surface area contributed by atoms with Crippen molar-refractivity contribution in [2.45, 2.75) is 12.8 Å². The van der Waals surface area contributed by atoms with Gasteiger partial charge in [0.1, 0.15) is 0 Å². The molecule has 1 aliphatic carbocycles. The van der Waals surface area contributed by atoms with Gasteiger partial charge < -0.3 is 9.13 Å². The lowest BCUT2D eigenvalue weighted by atomic mass is 9.96. The van der Waals surface area contributed by atoms with Gasteiger partial charge in [-0.05, 0) is 101 Å². The van der Waals surface area contributed by atoms with E-state index in [0.717, 1.165) is 12.8 Å². The van der Waals surface area contributed by atoms with Gasteiger partial charge in [0.2, 0.25) is 0 Å². The summed E-state index contributed by atoms with van der Waals surface area (Å²) in [5.74, 6) is 0. The van der Waals surface area contributed by atoms with Crippen LogP contribution in [0.15, 0.2) is 182 Å². The van der Waals surface area contributed by atoms with Crippen LogP contribution in [0.2, 0.25) is 0 Å². The lowest BCUT2D eigenvalue weighted by molar-refractivity contribution is 0.992. The Morgan fingerprint density at radius 3 is 1.48 bits per heavy atom. The van der Waals surface area contributed by atoms with Crippen molar-refractivity contribution in [1.29, 1.82) is 0 Å². The Morgan fingerprint density at radius 1 is 0.320 bits per heavy atom.